The predicted octanol–water partition coefficient (Wildman–Crippen LogP) is 3.25. The maximum absolute atomic E-state index is 12.5. The number of hydrogen-bond donors (Lipinski definition) is 1. The van der Waals surface area contributed by atoms with Gasteiger partial charge < -0.3 is 15.1 Å². The second-order valence-electron chi connectivity index (χ2n) is 5.17. The first kappa shape index (κ1) is 18.3. The van der Waals surface area contributed by atoms with E-state index in [1.165, 1.54) is 11.8 Å². The van der Waals surface area contributed by atoms with Gasteiger partial charge in [-0.25, -0.2) is 0 Å². The molecule has 0 aliphatic rings. The lowest BCUT2D eigenvalue weighted by Gasteiger charge is -2.27. The van der Waals surface area contributed by atoms with Crippen molar-refractivity contribution in [2.24, 2.45) is 5.73 Å². The smallest absolute Gasteiger partial charge is 0.257 e. The molecule has 1 atom stereocenters. The normalized spacial score (nSPS) is 11.6. The molecule has 0 bridgehead atoms. The summed E-state index contributed by atoms with van der Waals surface area (Å²) in [5, 5.41) is 0. The van der Waals surface area contributed by atoms with Gasteiger partial charge in [-0.1, -0.05) is 37.3 Å². The Morgan fingerprint density at radius 1 is 1.32 bits per heavy atom. The molecule has 0 radical (unpaired) electrons. The molecule has 120 valence electrons. The quantitative estimate of drug-likeness (QED) is 0.888. The minimum absolute atomic E-state index is 0. The fraction of sp³-hybridized carbons (Fsp3) is 0.353. The fourth-order valence-corrected chi connectivity index (χ4v) is 2.41. The van der Waals surface area contributed by atoms with E-state index in [0.717, 1.165) is 12.8 Å². The molecular weight excluding hydrogens is 300 g/mol. The van der Waals surface area contributed by atoms with E-state index < -0.39 is 0 Å². The van der Waals surface area contributed by atoms with Gasteiger partial charge in [0.2, 0.25) is 0 Å². The lowest BCUT2D eigenvalue weighted by Crippen LogP contribution is -2.38. The number of furan rings is 1. The molecule has 2 rings (SSSR count). The Bertz CT molecular complexity index is 583. The van der Waals surface area contributed by atoms with Crippen molar-refractivity contribution in [2.75, 3.05) is 7.05 Å². The van der Waals surface area contributed by atoms with Crippen LogP contribution in [-0.2, 0) is 13.0 Å². The van der Waals surface area contributed by atoms with Crippen LogP contribution in [0, 0.1) is 0 Å². The summed E-state index contributed by atoms with van der Waals surface area (Å²) in [7, 11) is 1.84. The highest BCUT2D eigenvalue weighted by Crippen LogP contribution is 2.15. The number of amides is 1. The van der Waals surface area contributed by atoms with E-state index in [1.54, 1.807) is 11.0 Å². The van der Waals surface area contributed by atoms with Gasteiger partial charge in [0.1, 0.15) is 12.0 Å². The van der Waals surface area contributed by atoms with Crippen LogP contribution in [0.25, 0.3) is 0 Å². The summed E-state index contributed by atoms with van der Waals surface area (Å²) in [5.41, 5.74) is 7.30. The topological polar surface area (TPSA) is 59.5 Å². The molecule has 1 heterocycles. The number of rotatable bonds is 6. The zero-order chi connectivity index (χ0) is 15.2. The first-order valence-corrected chi connectivity index (χ1v) is 7.24. The van der Waals surface area contributed by atoms with Crippen LogP contribution in [0.4, 0.5) is 0 Å². The van der Waals surface area contributed by atoms with Crippen LogP contribution in [0.15, 0.2) is 47.1 Å². The highest BCUT2D eigenvalue weighted by atomic mass is 35.5. The largest absolute Gasteiger partial charge is 0.467 e. The molecular formula is C17H23ClN2O2. The average Bonchev–Trinajstić information content (AvgIpc) is 3.01. The number of nitrogens with zero attached hydrogens (tertiary/aromatic N) is 1. The Hall–Kier alpha value is -1.78. The van der Waals surface area contributed by atoms with Crippen LogP contribution in [0.5, 0.6) is 0 Å². The molecule has 0 aliphatic carbocycles. The van der Waals surface area contributed by atoms with Gasteiger partial charge in [-0.3, -0.25) is 4.79 Å². The van der Waals surface area contributed by atoms with Crippen LogP contribution in [0.2, 0.25) is 0 Å². The van der Waals surface area contributed by atoms with E-state index in [2.05, 4.69) is 19.1 Å². The third kappa shape index (κ3) is 4.36. The van der Waals surface area contributed by atoms with E-state index in [4.69, 9.17) is 10.2 Å². The minimum Gasteiger partial charge on any atom is -0.467 e. The third-order valence-corrected chi connectivity index (χ3v) is 3.76. The third-order valence-electron chi connectivity index (χ3n) is 3.76. The van der Waals surface area contributed by atoms with Crippen molar-refractivity contribution in [1.29, 1.82) is 0 Å². The van der Waals surface area contributed by atoms with Crippen molar-refractivity contribution < 1.29 is 9.21 Å². The van der Waals surface area contributed by atoms with Gasteiger partial charge in [0.25, 0.3) is 5.91 Å². The van der Waals surface area contributed by atoms with Crippen molar-refractivity contribution in [1.82, 2.24) is 4.90 Å². The van der Waals surface area contributed by atoms with E-state index >= 15 is 0 Å². The molecule has 0 saturated heterocycles. The molecule has 2 N–H and O–H groups in total. The van der Waals surface area contributed by atoms with E-state index in [9.17, 15) is 4.79 Å². The zero-order valence-corrected chi connectivity index (χ0v) is 13.8. The molecule has 1 unspecified atom stereocenters. The van der Waals surface area contributed by atoms with Crippen molar-refractivity contribution >= 4 is 18.3 Å². The summed E-state index contributed by atoms with van der Waals surface area (Å²) in [6.07, 6.45) is 3.23. The summed E-state index contributed by atoms with van der Waals surface area (Å²) < 4.78 is 5.24. The maximum Gasteiger partial charge on any atom is 0.257 e. The predicted molar refractivity (Wildman–Crippen MR) is 90.2 cm³/mol. The number of carbonyl (C=O) groups excluding carboxylic acids is 1. The SMILES string of the molecule is CCC(Cc1ccccc1)N(C)C(=O)c1coc(CN)c1.Cl. The number of likely N-dealkylation sites (N-methyl/N-ethyl adjacent to an activating group) is 1. The Morgan fingerprint density at radius 2 is 2.00 bits per heavy atom. The summed E-state index contributed by atoms with van der Waals surface area (Å²) in [5.74, 6) is 0.601. The van der Waals surface area contributed by atoms with Gasteiger partial charge in [-0.2, -0.15) is 0 Å². The van der Waals surface area contributed by atoms with Crippen molar-refractivity contribution in [2.45, 2.75) is 32.4 Å². The lowest BCUT2D eigenvalue weighted by molar-refractivity contribution is 0.0726. The van der Waals surface area contributed by atoms with Crippen LogP contribution in [-0.4, -0.2) is 23.9 Å². The molecule has 1 amide bonds. The number of nitrogens with two attached hydrogens (primary N) is 1. The highest BCUT2D eigenvalue weighted by Gasteiger charge is 2.21. The van der Waals surface area contributed by atoms with Crippen molar-refractivity contribution in [3.63, 3.8) is 0 Å². The van der Waals surface area contributed by atoms with Crippen LogP contribution in [0.1, 0.15) is 35.0 Å². The van der Waals surface area contributed by atoms with E-state index in [0.29, 0.717) is 17.9 Å². The second-order valence-corrected chi connectivity index (χ2v) is 5.17. The first-order valence-electron chi connectivity index (χ1n) is 7.24. The Kier molecular flexibility index (Phi) is 7.15. The molecule has 0 spiro atoms. The molecule has 1 aromatic carbocycles. The van der Waals surface area contributed by atoms with Crippen LogP contribution in [0.3, 0.4) is 0 Å². The fourth-order valence-electron chi connectivity index (χ4n) is 2.41. The number of carbonyl (C=O) groups is 1. The molecule has 2 aromatic rings. The maximum atomic E-state index is 12.5. The van der Waals surface area contributed by atoms with Gasteiger partial charge in [-0.15, -0.1) is 12.4 Å². The van der Waals surface area contributed by atoms with Gasteiger partial charge in [-0.05, 0) is 24.5 Å². The minimum atomic E-state index is -0.0266. The highest BCUT2D eigenvalue weighted by molar-refractivity contribution is 5.94. The van der Waals surface area contributed by atoms with Crippen molar-refractivity contribution in [3.05, 3.63) is 59.5 Å². The summed E-state index contributed by atoms with van der Waals surface area (Å²) in [4.78, 5) is 14.3. The lowest BCUT2D eigenvalue weighted by atomic mass is 10.0. The molecule has 5 heteroatoms. The van der Waals surface area contributed by atoms with Crippen molar-refractivity contribution in [3.8, 4) is 0 Å². The summed E-state index contributed by atoms with van der Waals surface area (Å²) in [6, 6.07) is 12.1. The molecule has 0 fully saturated rings. The number of benzene rings is 1. The van der Waals surface area contributed by atoms with E-state index in [-0.39, 0.29) is 24.4 Å². The van der Waals surface area contributed by atoms with Gasteiger partial charge in [0, 0.05) is 13.1 Å². The Morgan fingerprint density at radius 3 is 2.55 bits per heavy atom. The summed E-state index contributed by atoms with van der Waals surface area (Å²) in [6.45, 7) is 2.40. The molecule has 4 nitrogen and oxygen atoms in total. The number of halogens is 1. The Balaban J connectivity index is 0.00000242. The van der Waals surface area contributed by atoms with Crippen LogP contribution >= 0.6 is 12.4 Å². The van der Waals surface area contributed by atoms with Gasteiger partial charge >= 0.3 is 0 Å². The molecule has 0 saturated carbocycles. The first-order chi connectivity index (χ1) is 10.2. The Labute approximate surface area is 137 Å². The molecule has 22 heavy (non-hydrogen) atoms. The van der Waals surface area contributed by atoms with Gasteiger partial charge in [0.15, 0.2) is 0 Å². The molecule has 1 aromatic heterocycles. The zero-order valence-electron chi connectivity index (χ0n) is 13.0. The molecule has 0 aliphatic heterocycles. The summed E-state index contributed by atoms with van der Waals surface area (Å²) >= 11 is 0. The van der Waals surface area contributed by atoms with E-state index in [1.807, 2.05) is 25.2 Å². The average molecular weight is 323 g/mol. The monoisotopic (exact) mass is 322 g/mol. The number of hydrogen-bond acceptors (Lipinski definition) is 3. The standard InChI is InChI=1S/C17H22N2O2.ClH/c1-3-15(9-13-7-5-4-6-8-13)19(2)17(20)14-10-16(11-18)21-12-14;/h4-8,10,12,15H,3,9,11,18H2,1-2H3;1H. The second kappa shape index (κ2) is 8.61. The van der Waals surface area contributed by atoms with Crippen LogP contribution < -0.4 is 5.73 Å². The van der Waals surface area contributed by atoms with Gasteiger partial charge in [0.05, 0.1) is 12.1 Å².